The number of hydrogen-bond acceptors (Lipinski definition) is 5. The molecular formula is C31H34N4O2. The number of likely N-dealkylation sites (tertiary alicyclic amines) is 1. The van der Waals surface area contributed by atoms with Crippen LogP contribution in [0.3, 0.4) is 0 Å². The van der Waals surface area contributed by atoms with Gasteiger partial charge in [0.2, 0.25) is 0 Å². The third-order valence-electron chi connectivity index (χ3n) is 6.89. The number of aromatic nitrogens is 1. The number of carbonyl (C=O) groups excluding carboxylic acids is 1. The number of anilines is 1. The van der Waals surface area contributed by atoms with E-state index in [4.69, 9.17) is 9.72 Å². The zero-order valence-corrected chi connectivity index (χ0v) is 21.7. The minimum absolute atomic E-state index is 0.00217. The molecule has 0 unspecified atom stereocenters. The van der Waals surface area contributed by atoms with Crippen LogP contribution in [0, 0.1) is 0 Å². The number of rotatable bonds is 6. The van der Waals surface area contributed by atoms with Crippen LogP contribution in [0.15, 0.2) is 84.9 Å². The van der Waals surface area contributed by atoms with Gasteiger partial charge in [-0.15, -0.1) is 0 Å². The van der Waals surface area contributed by atoms with Gasteiger partial charge < -0.3 is 4.74 Å². The van der Waals surface area contributed by atoms with Gasteiger partial charge in [-0.2, -0.15) is 0 Å². The second-order valence-electron chi connectivity index (χ2n) is 10.5. The highest BCUT2D eigenvalue weighted by Gasteiger charge is 2.30. The fraction of sp³-hybridized carbons (Fsp3) is 0.290. The molecule has 0 radical (unpaired) electrons. The number of amides is 1. The standard InChI is InChI=1S/C31H34N4O2/c1-31(2,3)35-20-18-24(19-21-35)37-29-27(30(36)34-33-23-14-8-5-9-15-23)25-16-10-11-17-26(25)32-28(29)22-12-6-4-7-13-22/h4-17,24,33H,18-21H2,1-3H3,(H,34,36). The third kappa shape index (κ3) is 5.59. The topological polar surface area (TPSA) is 66.5 Å². The maximum atomic E-state index is 13.8. The van der Waals surface area contributed by atoms with Crippen molar-refractivity contribution < 1.29 is 9.53 Å². The summed E-state index contributed by atoms with van der Waals surface area (Å²) in [5.74, 6) is 0.272. The molecule has 37 heavy (non-hydrogen) atoms. The number of nitrogens with one attached hydrogen (secondary N) is 2. The van der Waals surface area contributed by atoms with Crippen LogP contribution in [-0.4, -0.2) is 40.5 Å². The van der Waals surface area contributed by atoms with Crippen LogP contribution < -0.4 is 15.6 Å². The molecule has 6 nitrogen and oxygen atoms in total. The van der Waals surface area contributed by atoms with Crippen molar-refractivity contribution in [3.05, 3.63) is 90.5 Å². The molecule has 190 valence electrons. The number of benzene rings is 3. The first-order valence-electron chi connectivity index (χ1n) is 12.9. The van der Waals surface area contributed by atoms with Gasteiger partial charge in [0.15, 0.2) is 5.75 Å². The van der Waals surface area contributed by atoms with E-state index in [2.05, 4.69) is 36.5 Å². The second-order valence-corrected chi connectivity index (χ2v) is 10.5. The van der Waals surface area contributed by atoms with E-state index in [9.17, 15) is 4.79 Å². The smallest absolute Gasteiger partial charge is 0.274 e. The Kier molecular flexibility index (Phi) is 7.10. The maximum absolute atomic E-state index is 13.8. The number of nitrogens with zero attached hydrogens (tertiary/aromatic N) is 2. The summed E-state index contributed by atoms with van der Waals surface area (Å²) in [4.78, 5) is 21.2. The predicted molar refractivity (Wildman–Crippen MR) is 150 cm³/mol. The van der Waals surface area contributed by atoms with Crippen molar-refractivity contribution in [2.24, 2.45) is 0 Å². The Balaban J connectivity index is 1.55. The molecule has 1 amide bonds. The van der Waals surface area contributed by atoms with E-state index in [0.29, 0.717) is 17.0 Å². The summed E-state index contributed by atoms with van der Waals surface area (Å²) in [6.45, 7) is 8.64. The normalized spacial score (nSPS) is 14.9. The molecule has 1 aliphatic rings. The molecule has 3 aromatic carbocycles. The molecule has 0 spiro atoms. The lowest BCUT2D eigenvalue weighted by molar-refractivity contribution is 0.0488. The van der Waals surface area contributed by atoms with Crippen LogP contribution in [0.2, 0.25) is 0 Å². The van der Waals surface area contributed by atoms with E-state index in [1.54, 1.807) is 0 Å². The molecule has 2 heterocycles. The number of ether oxygens (including phenoxy) is 1. The summed E-state index contributed by atoms with van der Waals surface area (Å²) >= 11 is 0. The van der Waals surface area contributed by atoms with Crippen molar-refractivity contribution in [1.82, 2.24) is 15.3 Å². The summed E-state index contributed by atoms with van der Waals surface area (Å²) in [6.07, 6.45) is 1.78. The number of carbonyl (C=O) groups is 1. The van der Waals surface area contributed by atoms with Crippen molar-refractivity contribution in [3.8, 4) is 17.0 Å². The first-order valence-corrected chi connectivity index (χ1v) is 12.9. The zero-order chi connectivity index (χ0) is 25.8. The molecular weight excluding hydrogens is 460 g/mol. The Bertz CT molecular complexity index is 1360. The highest BCUT2D eigenvalue weighted by molar-refractivity contribution is 6.10. The van der Waals surface area contributed by atoms with Gasteiger partial charge in [-0.05, 0) is 51.8 Å². The summed E-state index contributed by atoms with van der Waals surface area (Å²) < 4.78 is 6.74. The lowest BCUT2D eigenvalue weighted by Crippen LogP contribution is -2.48. The number of piperidine rings is 1. The predicted octanol–water partition coefficient (Wildman–Crippen LogP) is 6.30. The average Bonchev–Trinajstić information content (AvgIpc) is 2.92. The van der Waals surface area contributed by atoms with Gasteiger partial charge in [0.25, 0.3) is 5.91 Å². The Morgan fingerprint density at radius 2 is 1.51 bits per heavy atom. The van der Waals surface area contributed by atoms with E-state index in [-0.39, 0.29) is 17.6 Å². The Morgan fingerprint density at radius 3 is 2.19 bits per heavy atom. The van der Waals surface area contributed by atoms with E-state index in [1.165, 1.54) is 0 Å². The van der Waals surface area contributed by atoms with Crippen molar-refractivity contribution >= 4 is 22.5 Å². The van der Waals surface area contributed by atoms with Gasteiger partial charge >= 0.3 is 0 Å². The quantitative estimate of drug-likeness (QED) is 0.308. The molecule has 4 aromatic rings. The average molecular weight is 495 g/mol. The lowest BCUT2D eigenvalue weighted by Gasteiger charge is -2.41. The second kappa shape index (κ2) is 10.6. The minimum atomic E-state index is -0.262. The molecule has 0 atom stereocenters. The van der Waals surface area contributed by atoms with Crippen molar-refractivity contribution in [2.75, 3.05) is 18.5 Å². The monoisotopic (exact) mass is 494 g/mol. The van der Waals surface area contributed by atoms with Crippen LogP contribution in [0.25, 0.3) is 22.2 Å². The number of fused-ring (bicyclic) bond motifs is 1. The van der Waals surface area contributed by atoms with E-state index in [0.717, 1.165) is 48.1 Å². The molecule has 6 heteroatoms. The van der Waals surface area contributed by atoms with Gasteiger partial charge in [-0.25, -0.2) is 4.98 Å². The molecule has 1 fully saturated rings. The fourth-order valence-corrected chi connectivity index (χ4v) is 4.85. The minimum Gasteiger partial charge on any atom is -0.487 e. The van der Waals surface area contributed by atoms with Crippen molar-refractivity contribution in [3.63, 3.8) is 0 Å². The molecule has 1 aromatic heterocycles. The first-order chi connectivity index (χ1) is 17.9. The first kappa shape index (κ1) is 24.8. The fourth-order valence-electron chi connectivity index (χ4n) is 4.85. The Labute approximate surface area is 218 Å². The number of hydrogen-bond donors (Lipinski definition) is 2. The highest BCUT2D eigenvalue weighted by Crippen LogP contribution is 2.38. The van der Waals surface area contributed by atoms with E-state index < -0.39 is 0 Å². The van der Waals surface area contributed by atoms with Crippen LogP contribution >= 0.6 is 0 Å². The lowest BCUT2D eigenvalue weighted by atomic mass is 9.98. The number of para-hydroxylation sites is 2. The van der Waals surface area contributed by atoms with Crippen LogP contribution in [0.5, 0.6) is 5.75 Å². The third-order valence-corrected chi connectivity index (χ3v) is 6.89. The van der Waals surface area contributed by atoms with Gasteiger partial charge in [0.1, 0.15) is 11.8 Å². The maximum Gasteiger partial charge on any atom is 0.274 e. The summed E-state index contributed by atoms with van der Waals surface area (Å²) in [5.41, 5.74) is 9.69. The Morgan fingerprint density at radius 1 is 0.892 bits per heavy atom. The van der Waals surface area contributed by atoms with Crippen molar-refractivity contribution in [2.45, 2.75) is 45.3 Å². The zero-order valence-electron chi connectivity index (χ0n) is 21.7. The van der Waals surface area contributed by atoms with Crippen LogP contribution in [0.1, 0.15) is 44.0 Å². The molecule has 2 N–H and O–H groups in total. The summed E-state index contributed by atoms with van der Waals surface area (Å²) in [6, 6.07) is 27.3. The van der Waals surface area contributed by atoms with Gasteiger partial charge in [-0.3, -0.25) is 20.5 Å². The van der Waals surface area contributed by atoms with Gasteiger partial charge in [0, 0.05) is 29.6 Å². The van der Waals surface area contributed by atoms with Gasteiger partial charge in [0.05, 0.1) is 16.8 Å². The molecule has 5 rings (SSSR count). The Hall–Kier alpha value is -3.90. The largest absolute Gasteiger partial charge is 0.487 e. The van der Waals surface area contributed by atoms with Crippen LogP contribution in [0.4, 0.5) is 5.69 Å². The summed E-state index contributed by atoms with van der Waals surface area (Å²) in [5, 5.41) is 0.761. The molecule has 0 saturated carbocycles. The highest BCUT2D eigenvalue weighted by atomic mass is 16.5. The molecule has 0 bridgehead atoms. The number of pyridine rings is 1. The molecule has 1 aliphatic heterocycles. The number of hydrazine groups is 1. The SMILES string of the molecule is CC(C)(C)N1CCC(Oc2c(-c3ccccc3)nc3ccccc3c2C(=O)NNc2ccccc2)CC1. The van der Waals surface area contributed by atoms with E-state index >= 15 is 0 Å². The molecule has 0 aliphatic carbocycles. The summed E-state index contributed by atoms with van der Waals surface area (Å²) in [7, 11) is 0. The van der Waals surface area contributed by atoms with E-state index in [1.807, 2.05) is 84.9 Å². The van der Waals surface area contributed by atoms with Crippen LogP contribution in [-0.2, 0) is 0 Å². The van der Waals surface area contributed by atoms with Gasteiger partial charge in [-0.1, -0.05) is 66.7 Å². The molecule has 1 saturated heterocycles. The van der Waals surface area contributed by atoms with Crippen molar-refractivity contribution in [1.29, 1.82) is 0 Å².